The van der Waals surface area contributed by atoms with Crippen molar-refractivity contribution in [3.63, 3.8) is 0 Å². The highest BCUT2D eigenvalue weighted by molar-refractivity contribution is 4.83. The van der Waals surface area contributed by atoms with Crippen molar-refractivity contribution in [1.82, 2.24) is 0 Å². The van der Waals surface area contributed by atoms with Gasteiger partial charge in [0.2, 0.25) is 0 Å². The van der Waals surface area contributed by atoms with E-state index in [1.165, 1.54) is 27.7 Å². The number of hydrogen-bond donors (Lipinski definition) is 1. The Balaban J connectivity index is 4.70. The first kappa shape index (κ1) is 11.8. The number of hydrogen-bond acceptors (Lipinski definition) is 1. The van der Waals surface area contributed by atoms with Crippen molar-refractivity contribution in [2.24, 2.45) is 11.3 Å². The van der Waals surface area contributed by atoms with Crippen LogP contribution in [-0.2, 0) is 0 Å². The molecule has 0 aliphatic rings. The molecule has 0 aromatic rings. The molecule has 0 fully saturated rings. The fourth-order valence-electron chi connectivity index (χ4n) is 1.49. The highest BCUT2D eigenvalue weighted by Gasteiger charge is 2.49. The summed E-state index contributed by atoms with van der Waals surface area (Å²) < 4.78 is 36.9. The number of rotatable bonds is 1. The smallest absolute Gasteiger partial charge is 0.393 e. The van der Waals surface area contributed by atoms with Crippen LogP contribution in [0.15, 0.2) is 0 Å². The standard InChI is InChI=1S/C8H15F3O/c1-5(12)6(7(2,3)4)8(9,10)11/h5-6,12H,1-4H3. The van der Waals surface area contributed by atoms with E-state index in [0.29, 0.717) is 0 Å². The fourth-order valence-corrected chi connectivity index (χ4v) is 1.49. The molecule has 0 radical (unpaired) electrons. The Labute approximate surface area is 70.6 Å². The van der Waals surface area contributed by atoms with E-state index in [0.717, 1.165) is 0 Å². The molecule has 1 nitrogen and oxygen atoms in total. The van der Waals surface area contributed by atoms with Gasteiger partial charge in [-0.2, -0.15) is 13.2 Å². The topological polar surface area (TPSA) is 20.2 Å². The molecular weight excluding hydrogens is 169 g/mol. The molecule has 0 saturated carbocycles. The zero-order chi connectivity index (χ0) is 10.2. The van der Waals surface area contributed by atoms with E-state index in [4.69, 9.17) is 5.11 Å². The van der Waals surface area contributed by atoms with Gasteiger partial charge in [-0.25, -0.2) is 0 Å². The second kappa shape index (κ2) is 3.24. The van der Waals surface area contributed by atoms with Gasteiger partial charge in [-0.05, 0) is 12.3 Å². The third-order valence-corrected chi connectivity index (χ3v) is 1.77. The average Bonchev–Trinajstić information content (AvgIpc) is 1.49. The van der Waals surface area contributed by atoms with Crippen LogP contribution in [0.3, 0.4) is 0 Å². The molecule has 0 bridgehead atoms. The van der Waals surface area contributed by atoms with Crippen molar-refractivity contribution < 1.29 is 18.3 Å². The highest BCUT2D eigenvalue weighted by Crippen LogP contribution is 2.41. The van der Waals surface area contributed by atoms with Crippen LogP contribution in [0, 0.1) is 11.3 Å². The molecule has 2 atom stereocenters. The number of aliphatic hydroxyl groups is 1. The molecule has 0 spiro atoms. The van der Waals surface area contributed by atoms with E-state index in [1.807, 2.05) is 0 Å². The molecule has 12 heavy (non-hydrogen) atoms. The molecule has 1 N–H and O–H groups in total. The molecule has 0 amide bonds. The SMILES string of the molecule is CC(O)C(C(C)(C)C)C(F)(F)F. The minimum Gasteiger partial charge on any atom is -0.393 e. The molecule has 0 aliphatic heterocycles. The van der Waals surface area contributed by atoms with E-state index in [2.05, 4.69) is 0 Å². The van der Waals surface area contributed by atoms with Gasteiger partial charge in [-0.3, -0.25) is 0 Å². The number of halogens is 3. The predicted octanol–water partition coefficient (Wildman–Crippen LogP) is 2.59. The van der Waals surface area contributed by atoms with Crippen LogP contribution in [0.4, 0.5) is 13.2 Å². The summed E-state index contributed by atoms with van der Waals surface area (Å²) in [5, 5.41) is 8.96. The molecule has 0 aliphatic carbocycles. The molecule has 0 aromatic carbocycles. The monoisotopic (exact) mass is 184 g/mol. The van der Waals surface area contributed by atoms with Crippen molar-refractivity contribution >= 4 is 0 Å². The molecule has 0 rings (SSSR count). The molecular formula is C8H15F3O. The summed E-state index contributed by atoms with van der Waals surface area (Å²) in [5.74, 6) is -1.66. The van der Waals surface area contributed by atoms with Gasteiger partial charge < -0.3 is 5.11 Å². The lowest BCUT2D eigenvalue weighted by molar-refractivity contribution is -0.224. The lowest BCUT2D eigenvalue weighted by Gasteiger charge is -2.34. The van der Waals surface area contributed by atoms with E-state index in [-0.39, 0.29) is 0 Å². The zero-order valence-electron chi connectivity index (χ0n) is 7.74. The van der Waals surface area contributed by atoms with Gasteiger partial charge in [-0.1, -0.05) is 20.8 Å². The maximum atomic E-state index is 12.3. The lowest BCUT2D eigenvalue weighted by atomic mass is 9.77. The second-order valence-electron chi connectivity index (χ2n) is 4.13. The Bertz CT molecular complexity index is 129. The van der Waals surface area contributed by atoms with Crippen LogP contribution in [0.2, 0.25) is 0 Å². The molecule has 0 aromatic heterocycles. The summed E-state index contributed by atoms with van der Waals surface area (Å²) in [6, 6.07) is 0. The van der Waals surface area contributed by atoms with Crippen molar-refractivity contribution in [3.8, 4) is 0 Å². The first-order valence-corrected chi connectivity index (χ1v) is 3.81. The summed E-state index contributed by atoms with van der Waals surface area (Å²) in [7, 11) is 0. The Hall–Kier alpha value is -0.250. The highest BCUT2D eigenvalue weighted by atomic mass is 19.4. The summed E-state index contributed by atoms with van der Waals surface area (Å²) in [6.45, 7) is 5.58. The summed E-state index contributed by atoms with van der Waals surface area (Å²) in [4.78, 5) is 0. The largest absolute Gasteiger partial charge is 0.394 e. The average molecular weight is 184 g/mol. The maximum absolute atomic E-state index is 12.3. The van der Waals surface area contributed by atoms with E-state index in [9.17, 15) is 13.2 Å². The van der Waals surface area contributed by atoms with Gasteiger partial charge in [0, 0.05) is 0 Å². The van der Waals surface area contributed by atoms with Crippen LogP contribution in [0.5, 0.6) is 0 Å². The van der Waals surface area contributed by atoms with E-state index >= 15 is 0 Å². The Kier molecular flexibility index (Phi) is 3.18. The van der Waals surface area contributed by atoms with E-state index < -0.39 is 23.6 Å². The summed E-state index contributed by atoms with van der Waals surface area (Å²) >= 11 is 0. The van der Waals surface area contributed by atoms with Crippen LogP contribution in [0.1, 0.15) is 27.7 Å². The van der Waals surface area contributed by atoms with Crippen LogP contribution in [0.25, 0.3) is 0 Å². The quantitative estimate of drug-likeness (QED) is 0.664. The van der Waals surface area contributed by atoms with Gasteiger partial charge in [0.1, 0.15) is 0 Å². The summed E-state index contributed by atoms with van der Waals surface area (Å²) in [5.41, 5.74) is -0.952. The van der Waals surface area contributed by atoms with Gasteiger partial charge in [0.25, 0.3) is 0 Å². The number of aliphatic hydroxyl groups excluding tert-OH is 1. The molecule has 0 heterocycles. The first-order chi connectivity index (χ1) is 5.07. The molecule has 2 unspecified atom stereocenters. The van der Waals surface area contributed by atoms with Gasteiger partial charge in [0.15, 0.2) is 0 Å². The fraction of sp³-hybridized carbons (Fsp3) is 1.00. The number of alkyl halides is 3. The van der Waals surface area contributed by atoms with Crippen molar-refractivity contribution in [1.29, 1.82) is 0 Å². The van der Waals surface area contributed by atoms with E-state index in [1.54, 1.807) is 0 Å². The Morgan fingerprint density at radius 1 is 1.08 bits per heavy atom. The molecule has 0 saturated heterocycles. The van der Waals surface area contributed by atoms with Crippen molar-refractivity contribution in [3.05, 3.63) is 0 Å². The minimum absolute atomic E-state index is 0.952. The third-order valence-electron chi connectivity index (χ3n) is 1.77. The normalized spacial score (nSPS) is 19.0. The summed E-state index contributed by atoms with van der Waals surface area (Å²) in [6.07, 6.45) is -5.68. The van der Waals surface area contributed by atoms with Gasteiger partial charge in [0.05, 0.1) is 12.0 Å². The third kappa shape index (κ3) is 3.01. The molecule has 74 valence electrons. The second-order valence-corrected chi connectivity index (χ2v) is 4.13. The van der Waals surface area contributed by atoms with Gasteiger partial charge in [-0.15, -0.1) is 0 Å². The maximum Gasteiger partial charge on any atom is 0.394 e. The predicted molar refractivity (Wildman–Crippen MR) is 40.7 cm³/mol. The van der Waals surface area contributed by atoms with Crippen LogP contribution in [-0.4, -0.2) is 17.4 Å². The van der Waals surface area contributed by atoms with Gasteiger partial charge >= 0.3 is 6.18 Å². The van der Waals surface area contributed by atoms with Crippen molar-refractivity contribution in [2.75, 3.05) is 0 Å². The Morgan fingerprint density at radius 2 is 1.42 bits per heavy atom. The zero-order valence-corrected chi connectivity index (χ0v) is 7.74. The van der Waals surface area contributed by atoms with Crippen LogP contribution < -0.4 is 0 Å². The minimum atomic E-state index is -4.33. The lowest BCUT2D eigenvalue weighted by Crippen LogP contribution is -2.41. The first-order valence-electron chi connectivity index (χ1n) is 3.81. The van der Waals surface area contributed by atoms with Crippen molar-refractivity contribution in [2.45, 2.75) is 40.0 Å². The Morgan fingerprint density at radius 3 is 1.42 bits per heavy atom. The van der Waals surface area contributed by atoms with Crippen LogP contribution >= 0.6 is 0 Å². The molecule has 4 heteroatoms.